The highest BCUT2D eigenvalue weighted by Crippen LogP contribution is 2.36. The summed E-state index contributed by atoms with van der Waals surface area (Å²) in [6.07, 6.45) is -0.372. The maximum atomic E-state index is 6.03. The molecule has 0 saturated heterocycles. The van der Waals surface area contributed by atoms with Gasteiger partial charge in [0.25, 0.3) is 0 Å². The van der Waals surface area contributed by atoms with Crippen molar-refractivity contribution in [2.45, 2.75) is 26.1 Å². The molecule has 0 N–H and O–H groups in total. The maximum Gasteiger partial charge on any atom is 0.118 e. The van der Waals surface area contributed by atoms with Gasteiger partial charge in [0.15, 0.2) is 0 Å². The highest BCUT2D eigenvalue weighted by Gasteiger charge is 2.26. The molecule has 0 heterocycles. The molecule has 0 amide bonds. The minimum Gasteiger partial charge on any atom is -0.497 e. The van der Waals surface area contributed by atoms with Gasteiger partial charge in [-0.1, -0.05) is 24.3 Å². The van der Waals surface area contributed by atoms with Gasteiger partial charge < -0.3 is 18.9 Å². The van der Waals surface area contributed by atoms with Crippen molar-refractivity contribution in [3.63, 3.8) is 0 Å². The number of methoxy groups -OCH3 is 2. The lowest BCUT2D eigenvalue weighted by Gasteiger charge is -2.28. The van der Waals surface area contributed by atoms with E-state index in [9.17, 15) is 0 Å². The predicted octanol–water partition coefficient (Wildman–Crippen LogP) is 4.56. The molecule has 2 rings (SSSR count). The average molecular weight is 330 g/mol. The Hall–Kier alpha value is -2.04. The molecule has 0 fully saturated rings. The summed E-state index contributed by atoms with van der Waals surface area (Å²) < 4.78 is 22.5. The number of hydrogen-bond donors (Lipinski definition) is 0. The van der Waals surface area contributed by atoms with E-state index < -0.39 is 0 Å². The molecule has 2 unspecified atom stereocenters. The summed E-state index contributed by atoms with van der Waals surface area (Å²) in [5.41, 5.74) is 2.12. The normalized spacial score (nSPS) is 13.3. The Kier molecular flexibility index (Phi) is 7.09. The van der Waals surface area contributed by atoms with Crippen LogP contribution in [0, 0.1) is 0 Å². The van der Waals surface area contributed by atoms with Crippen molar-refractivity contribution in [2.75, 3.05) is 27.4 Å². The molecule has 4 nitrogen and oxygen atoms in total. The molecular formula is C20H26O4. The van der Waals surface area contributed by atoms with Crippen LogP contribution in [0.3, 0.4) is 0 Å². The lowest BCUT2D eigenvalue weighted by molar-refractivity contribution is -0.0716. The Labute approximate surface area is 144 Å². The molecule has 2 atom stereocenters. The summed E-state index contributed by atoms with van der Waals surface area (Å²) in [5, 5.41) is 0. The van der Waals surface area contributed by atoms with Gasteiger partial charge in [-0.05, 0) is 49.2 Å². The lowest BCUT2D eigenvalue weighted by Crippen LogP contribution is -2.18. The zero-order chi connectivity index (χ0) is 17.4. The highest BCUT2D eigenvalue weighted by molar-refractivity contribution is 5.33. The van der Waals surface area contributed by atoms with Gasteiger partial charge in [-0.3, -0.25) is 0 Å². The first-order chi connectivity index (χ1) is 11.7. The lowest BCUT2D eigenvalue weighted by atomic mass is 9.97. The molecule has 0 aromatic heterocycles. The second-order valence-electron chi connectivity index (χ2n) is 5.30. The van der Waals surface area contributed by atoms with Crippen LogP contribution < -0.4 is 9.47 Å². The monoisotopic (exact) mass is 330 g/mol. The summed E-state index contributed by atoms with van der Waals surface area (Å²) in [6, 6.07) is 15.9. The molecule has 24 heavy (non-hydrogen) atoms. The molecule has 0 radical (unpaired) electrons. The third-order valence-corrected chi connectivity index (χ3v) is 3.86. The van der Waals surface area contributed by atoms with Crippen LogP contribution >= 0.6 is 0 Å². The Morgan fingerprint density at radius 3 is 1.21 bits per heavy atom. The Bertz CT molecular complexity index is 537. The van der Waals surface area contributed by atoms with E-state index in [1.165, 1.54) is 0 Å². The number of rotatable bonds is 9. The standard InChI is InChI=1S/C20H26O4/c1-5-23-19(15-7-11-17(21-3)12-8-15)20(24-6-2)16-9-13-18(22-4)14-10-16/h7-14,19-20H,5-6H2,1-4H3. The van der Waals surface area contributed by atoms with E-state index in [2.05, 4.69) is 0 Å². The molecule has 2 aromatic carbocycles. The molecule has 4 heteroatoms. The highest BCUT2D eigenvalue weighted by atomic mass is 16.5. The van der Waals surface area contributed by atoms with Crippen molar-refractivity contribution in [1.82, 2.24) is 0 Å². The Morgan fingerprint density at radius 2 is 0.958 bits per heavy atom. The van der Waals surface area contributed by atoms with Gasteiger partial charge in [-0.25, -0.2) is 0 Å². The average Bonchev–Trinajstić information content (AvgIpc) is 2.65. The molecule has 0 saturated carbocycles. The Balaban J connectivity index is 2.33. The van der Waals surface area contributed by atoms with Crippen LogP contribution in [0.1, 0.15) is 37.2 Å². The largest absolute Gasteiger partial charge is 0.497 e. The van der Waals surface area contributed by atoms with Crippen molar-refractivity contribution in [3.8, 4) is 11.5 Å². The summed E-state index contributed by atoms with van der Waals surface area (Å²) in [4.78, 5) is 0. The van der Waals surface area contributed by atoms with Gasteiger partial charge in [-0.15, -0.1) is 0 Å². The van der Waals surface area contributed by atoms with Crippen molar-refractivity contribution in [2.24, 2.45) is 0 Å². The van der Waals surface area contributed by atoms with Crippen LogP contribution in [0.2, 0.25) is 0 Å². The molecule has 0 spiro atoms. The van der Waals surface area contributed by atoms with E-state index in [4.69, 9.17) is 18.9 Å². The first kappa shape index (κ1) is 18.3. The van der Waals surface area contributed by atoms with Gasteiger partial charge in [-0.2, -0.15) is 0 Å². The van der Waals surface area contributed by atoms with Crippen LogP contribution in [-0.2, 0) is 9.47 Å². The van der Waals surface area contributed by atoms with Gasteiger partial charge in [0, 0.05) is 13.2 Å². The quantitative estimate of drug-likeness (QED) is 0.675. The van der Waals surface area contributed by atoms with Gasteiger partial charge >= 0.3 is 0 Å². The zero-order valence-electron chi connectivity index (χ0n) is 14.8. The van der Waals surface area contributed by atoms with E-state index >= 15 is 0 Å². The van der Waals surface area contributed by atoms with Crippen LogP contribution in [0.5, 0.6) is 11.5 Å². The summed E-state index contributed by atoms with van der Waals surface area (Å²) >= 11 is 0. The van der Waals surface area contributed by atoms with Crippen LogP contribution in [-0.4, -0.2) is 27.4 Å². The minimum absolute atomic E-state index is 0.186. The summed E-state index contributed by atoms with van der Waals surface area (Å²) in [5.74, 6) is 1.65. The maximum absolute atomic E-state index is 6.03. The molecule has 2 aromatic rings. The third-order valence-electron chi connectivity index (χ3n) is 3.86. The fourth-order valence-corrected chi connectivity index (χ4v) is 2.66. The van der Waals surface area contributed by atoms with Crippen molar-refractivity contribution >= 4 is 0 Å². The van der Waals surface area contributed by atoms with Crippen molar-refractivity contribution in [1.29, 1.82) is 0 Å². The number of hydrogen-bond acceptors (Lipinski definition) is 4. The first-order valence-electron chi connectivity index (χ1n) is 8.24. The van der Waals surface area contributed by atoms with Crippen molar-refractivity contribution in [3.05, 3.63) is 59.7 Å². The van der Waals surface area contributed by atoms with E-state index in [1.54, 1.807) is 14.2 Å². The molecular weight excluding hydrogens is 304 g/mol. The topological polar surface area (TPSA) is 36.9 Å². The second kappa shape index (κ2) is 9.30. The SMILES string of the molecule is CCOC(c1ccc(OC)cc1)C(OCC)c1ccc(OC)cc1. The first-order valence-corrected chi connectivity index (χ1v) is 8.24. The van der Waals surface area contributed by atoms with Gasteiger partial charge in [0.05, 0.1) is 14.2 Å². The third kappa shape index (κ3) is 4.49. The fourth-order valence-electron chi connectivity index (χ4n) is 2.66. The fraction of sp³-hybridized carbons (Fsp3) is 0.400. The number of ether oxygens (including phenoxy) is 4. The van der Waals surface area contributed by atoms with Crippen LogP contribution in [0.4, 0.5) is 0 Å². The molecule has 0 bridgehead atoms. The summed E-state index contributed by atoms with van der Waals surface area (Å²) in [7, 11) is 3.32. The summed E-state index contributed by atoms with van der Waals surface area (Å²) in [6.45, 7) is 5.20. The molecule has 0 aliphatic heterocycles. The number of benzene rings is 2. The van der Waals surface area contributed by atoms with Crippen LogP contribution in [0.25, 0.3) is 0 Å². The van der Waals surface area contributed by atoms with E-state index in [-0.39, 0.29) is 12.2 Å². The van der Waals surface area contributed by atoms with E-state index in [0.717, 1.165) is 22.6 Å². The minimum atomic E-state index is -0.186. The van der Waals surface area contributed by atoms with E-state index in [0.29, 0.717) is 13.2 Å². The van der Waals surface area contributed by atoms with E-state index in [1.807, 2.05) is 62.4 Å². The van der Waals surface area contributed by atoms with Crippen molar-refractivity contribution < 1.29 is 18.9 Å². The smallest absolute Gasteiger partial charge is 0.118 e. The van der Waals surface area contributed by atoms with Gasteiger partial charge in [0.1, 0.15) is 23.7 Å². The molecule has 0 aliphatic rings. The van der Waals surface area contributed by atoms with Gasteiger partial charge in [0.2, 0.25) is 0 Å². The Morgan fingerprint density at radius 1 is 0.625 bits per heavy atom. The second-order valence-corrected chi connectivity index (χ2v) is 5.30. The molecule has 130 valence electrons. The van der Waals surface area contributed by atoms with Crippen LogP contribution in [0.15, 0.2) is 48.5 Å². The predicted molar refractivity (Wildman–Crippen MR) is 94.7 cm³/mol. The molecule has 0 aliphatic carbocycles. The zero-order valence-corrected chi connectivity index (χ0v) is 14.8.